The van der Waals surface area contributed by atoms with Gasteiger partial charge in [0, 0.05) is 17.1 Å². The Kier molecular flexibility index (Phi) is 4.54. The molecule has 0 fully saturated rings. The first-order valence-electron chi connectivity index (χ1n) is 6.46. The van der Waals surface area contributed by atoms with Crippen LogP contribution in [0.1, 0.15) is 19.3 Å². The number of nitrogens with one attached hydrogen (secondary N) is 1. The number of carbonyl (C=O) groups excluding carboxylic acids is 1. The van der Waals surface area contributed by atoms with Gasteiger partial charge in [-0.15, -0.1) is 0 Å². The first-order chi connectivity index (χ1) is 9.22. The summed E-state index contributed by atoms with van der Waals surface area (Å²) in [4.78, 5) is 14.9. The van der Waals surface area contributed by atoms with Crippen LogP contribution in [0.15, 0.2) is 30.5 Å². The van der Waals surface area contributed by atoms with E-state index in [1.54, 1.807) is 6.20 Å². The number of fused-ring (bicyclic) bond motifs is 1. The van der Waals surface area contributed by atoms with Crippen molar-refractivity contribution in [3.63, 3.8) is 0 Å². The zero-order chi connectivity index (χ0) is 13.7. The molecule has 1 aromatic heterocycles. The van der Waals surface area contributed by atoms with E-state index in [0.717, 1.165) is 23.7 Å². The van der Waals surface area contributed by atoms with Gasteiger partial charge in [0.2, 0.25) is 0 Å². The fourth-order valence-corrected chi connectivity index (χ4v) is 1.94. The van der Waals surface area contributed by atoms with Crippen LogP contribution in [0.4, 0.5) is 0 Å². The largest absolute Gasteiger partial charge is 0.423 e. The van der Waals surface area contributed by atoms with Gasteiger partial charge in [0.15, 0.2) is 5.75 Å². The minimum absolute atomic E-state index is 0.401. The van der Waals surface area contributed by atoms with Crippen molar-refractivity contribution in [1.29, 1.82) is 0 Å². The van der Waals surface area contributed by atoms with Gasteiger partial charge in [-0.25, -0.2) is 4.79 Å². The van der Waals surface area contributed by atoms with Crippen molar-refractivity contribution in [2.24, 2.45) is 11.5 Å². The van der Waals surface area contributed by atoms with Crippen molar-refractivity contribution in [2.45, 2.75) is 25.3 Å². The normalized spacial score (nSPS) is 12.5. The van der Waals surface area contributed by atoms with Gasteiger partial charge < -0.3 is 21.2 Å². The lowest BCUT2D eigenvalue weighted by Gasteiger charge is -2.10. The third kappa shape index (κ3) is 3.33. The number of carbonyl (C=O) groups is 1. The summed E-state index contributed by atoms with van der Waals surface area (Å²) in [5, 5.41) is 0.880. The number of ether oxygens (including phenoxy) is 1. The van der Waals surface area contributed by atoms with Gasteiger partial charge >= 0.3 is 5.97 Å². The molecule has 1 atom stereocenters. The number of aromatic amines is 1. The molecule has 0 unspecified atom stereocenters. The number of aromatic nitrogens is 1. The summed E-state index contributed by atoms with van der Waals surface area (Å²) in [6, 6.07) is 7.04. The number of hydrogen-bond donors (Lipinski definition) is 3. The van der Waals surface area contributed by atoms with Gasteiger partial charge in [0.05, 0.1) is 0 Å². The number of rotatable bonds is 6. The highest BCUT2D eigenvalue weighted by molar-refractivity contribution is 5.89. The molecule has 0 aliphatic rings. The van der Waals surface area contributed by atoms with Crippen LogP contribution in [0.5, 0.6) is 5.75 Å². The minimum atomic E-state index is -0.597. The second kappa shape index (κ2) is 6.36. The van der Waals surface area contributed by atoms with Crippen molar-refractivity contribution >= 4 is 16.9 Å². The summed E-state index contributed by atoms with van der Waals surface area (Å²) in [6.45, 7) is 0.615. The number of hydrogen-bond acceptors (Lipinski definition) is 4. The summed E-state index contributed by atoms with van der Waals surface area (Å²) in [6.07, 6.45) is 3.97. The minimum Gasteiger partial charge on any atom is -0.423 e. The smallest absolute Gasteiger partial charge is 0.328 e. The molecule has 0 saturated carbocycles. The third-order valence-electron chi connectivity index (χ3n) is 3.03. The monoisotopic (exact) mass is 261 g/mol. The van der Waals surface area contributed by atoms with Crippen LogP contribution in [0.25, 0.3) is 10.9 Å². The van der Waals surface area contributed by atoms with E-state index >= 15 is 0 Å². The molecule has 0 saturated heterocycles. The van der Waals surface area contributed by atoms with Crippen LogP contribution in [0.2, 0.25) is 0 Å². The topological polar surface area (TPSA) is 94.1 Å². The Balaban J connectivity index is 1.98. The maximum Gasteiger partial charge on any atom is 0.328 e. The molecule has 5 nitrogen and oxygen atoms in total. The van der Waals surface area contributed by atoms with E-state index in [9.17, 15) is 4.79 Å². The number of esters is 1. The predicted octanol–water partition coefficient (Wildman–Crippen LogP) is 1.53. The van der Waals surface area contributed by atoms with Crippen LogP contribution in [0.3, 0.4) is 0 Å². The average molecular weight is 261 g/mol. The first kappa shape index (κ1) is 13.6. The molecule has 1 heterocycles. The van der Waals surface area contributed by atoms with Crippen molar-refractivity contribution < 1.29 is 9.53 Å². The van der Waals surface area contributed by atoms with Gasteiger partial charge in [0.25, 0.3) is 0 Å². The molecule has 0 radical (unpaired) electrons. The van der Waals surface area contributed by atoms with Gasteiger partial charge in [-0.1, -0.05) is 18.6 Å². The fourth-order valence-electron chi connectivity index (χ4n) is 1.94. The molecule has 102 valence electrons. The molecule has 0 aliphatic heterocycles. The molecule has 0 aliphatic carbocycles. The lowest BCUT2D eigenvalue weighted by atomic mass is 10.1. The lowest BCUT2D eigenvalue weighted by Crippen LogP contribution is -2.34. The highest BCUT2D eigenvalue weighted by atomic mass is 16.5. The standard InChI is InChI=1S/C14H19N3O2/c15-8-4-3-6-11(16)14(18)19-13-9-17-12-7-2-1-5-10(12)13/h1-2,5,7,9,11,17H,3-4,6,8,15-16H2/t11-/m0/s1. The van der Waals surface area contributed by atoms with Gasteiger partial charge in [-0.3, -0.25) is 0 Å². The summed E-state index contributed by atoms with van der Waals surface area (Å²) in [5.74, 6) is 0.122. The Morgan fingerprint density at radius 1 is 1.32 bits per heavy atom. The molecule has 1 aromatic carbocycles. The summed E-state index contributed by atoms with van der Waals surface area (Å²) in [7, 11) is 0. The van der Waals surface area contributed by atoms with E-state index in [1.165, 1.54) is 0 Å². The second-order valence-electron chi connectivity index (χ2n) is 4.51. The van der Waals surface area contributed by atoms with Gasteiger partial charge in [-0.2, -0.15) is 0 Å². The van der Waals surface area contributed by atoms with E-state index in [1.807, 2.05) is 24.3 Å². The van der Waals surface area contributed by atoms with Gasteiger partial charge in [-0.05, 0) is 31.5 Å². The number of para-hydroxylation sites is 1. The number of nitrogens with two attached hydrogens (primary N) is 2. The van der Waals surface area contributed by atoms with E-state index in [2.05, 4.69) is 4.98 Å². The Morgan fingerprint density at radius 3 is 2.89 bits per heavy atom. The fraction of sp³-hybridized carbons (Fsp3) is 0.357. The maximum absolute atomic E-state index is 11.9. The van der Waals surface area contributed by atoms with E-state index < -0.39 is 12.0 Å². The molecule has 2 aromatic rings. The summed E-state index contributed by atoms with van der Waals surface area (Å²) >= 11 is 0. The van der Waals surface area contributed by atoms with Crippen molar-refractivity contribution in [3.05, 3.63) is 30.5 Å². The highest BCUT2D eigenvalue weighted by Crippen LogP contribution is 2.25. The van der Waals surface area contributed by atoms with E-state index in [0.29, 0.717) is 18.7 Å². The second-order valence-corrected chi connectivity index (χ2v) is 4.51. The Hall–Kier alpha value is -1.85. The Labute approximate surface area is 111 Å². The quantitative estimate of drug-likeness (QED) is 0.543. The Bertz CT molecular complexity index is 550. The highest BCUT2D eigenvalue weighted by Gasteiger charge is 2.17. The molecule has 5 heteroatoms. The van der Waals surface area contributed by atoms with Crippen LogP contribution >= 0.6 is 0 Å². The van der Waals surface area contributed by atoms with Crippen molar-refractivity contribution in [2.75, 3.05) is 6.54 Å². The third-order valence-corrected chi connectivity index (χ3v) is 3.03. The molecule has 5 N–H and O–H groups in total. The Morgan fingerprint density at radius 2 is 2.11 bits per heavy atom. The molecule has 0 amide bonds. The maximum atomic E-state index is 11.9. The molecular weight excluding hydrogens is 242 g/mol. The number of H-pyrrole nitrogens is 1. The number of benzene rings is 1. The molecular formula is C14H19N3O2. The molecule has 0 bridgehead atoms. The average Bonchev–Trinajstić information content (AvgIpc) is 2.82. The zero-order valence-corrected chi connectivity index (χ0v) is 10.8. The molecule has 2 rings (SSSR count). The van der Waals surface area contributed by atoms with Crippen LogP contribution in [-0.4, -0.2) is 23.5 Å². The van der Waals surface area contributed by atoms with Gasteiger partial charge in [0.1, 0.15) is 6.04 Å². The van der Waals surface area contributed by atoms with Crippen molar-refractivity contribution in [3.8, 4) is 5.75 Å². The SMILES string of the molecule is NCCCC[C@H](N)C(=O)Oc1c[nH]c2ccccc12. The van der Waals surface area contributed by atoms with Crippen LogP contribution in [0, 0.1) is 0 Å². The number of unbranched alkanes of at least 4 members (excludes halogenated alkanes) is 1. The first-order valence-corrected chi connectivity index (χ1v) is 6.46. The summed E-state index contributed by atoms with van der Waals surface area (Å²) in [5.41, 5.74) is 12.1. The van der Waals surface area contributed by atoms with E-state index in [4.69, 9.17) is 16.2 Å². The summed E-state index contributed by atoms with van der Waals surface area (Å²) < 4.78 is 5.33. The van der Waals surface area contributed by atoms with Crippen LogP contribution < -0.4 is 16.2 Å². The molecule has 19 heavy (non-hydrogen) atoms. The van der Waals surface area contributed by atoms with Crippen molar-refractivity contribution in [1.82, 2.24) is 4.98 Å². The van der Waals surface area contributed by atoms with E-state index in [-0.39, 0.29) is 0 Å². The van der Waals surface area contributed by atoms with Crippen LogP contribution in [-0.2, 0) is 4.79 Å². The molecule has 0 spiro atoms. The predicted molar refractivity (Wildman–Crippen MR) is 74.8 cm³/mol. The lowest BCUT2D eigenvalue weighted by molar-refractivity contribution is -0.135. The zero-order valence-electron chi connectivity index (χ0n) is 10.8.